The predicted octanol–water partition coefficient (Wildman–Crippen LogP) is 3.76. The van der Waals surface area contributed by atoms with Gasteiger partial charge in [-0.15, -0.1) is 0 Å². The SMILES string of the molecule is CC1=CC(Cl)N(C)C(c2ccc(F)c(F)c2)=C1. The van der Waals surface area contributed by atoms with Gasteiger partial charge in [-0.05, 0) is 42.8 Å². The van der Waals surface area contributed by atoms with Gasteiger partial charge in [0.1, 0.15) is 5.50 Å². The number of rotatable bonds is 1. The first-order valence-corrected chi connectivity index (χ1v) is 5.65. The van der Waals surface area contributed by atoms with Gasteiger partial charge in [-0.2, -0.15) is 0 Å². The molecule has 0 N–H and O–H groups in total. The molecule has 17 heavy (non-hydrogen) atoms. The Morgan fingerprint density at radius 1 is 1.24 bits per heavy atom. The lowest BCUT2D eigenvalue weighted by atomic mass is 10.0. The van der Waals surface area contributed by atoms with Gasteiger partial charge in [0.25, 0.3) is 0 Å². The second kappa shape index (κ2) is 4.49. The highest BCUT2D eigenvalue weighted by molar-refractivity contribution is 6.22. The number of likely N-dealkylation sites (N-methyl/N-ethyl adjacent to an activating group) is 1. The van der Waals surface area contributed by atoms with Crippen molar-refractivity contribution in [2.45, 2.75) is 12.4 Å². The Balaban J connectivity index is 2.45. The first-order valence-electron chi connectivity index (χ1n) is 5.21. The molecule has 2 rings (SSSR count). The number of halogens is 3. The summed E-state index contributed by atoms with van der Waals surface area (Å²) < 4.78 is 26.1. The third-order valence-corrected chi connectivity index (χ3v) is 3.15. The molecule has 1 aromatic rings. The van der Waals surface area contributed by atoms with Crippen molar-refractivity contribution in [2.75, 3.05) is 7.05 Å². The van der Waals surface area contributed by atoms with Crippen LogP contribution in [0.4, 0.5) is 8.78 Å². The van der Waals surface area contributed by atoms with Crippen LogP contribution in [0.25, 0.3) is 5.70 Å². The molecule has 0 bridgehead atoms. The zero-order chi connectivity index (χ0) is 12.6. The predicted molar refractivity (Wildman–Crippen MR) is 65.5 cm³/mol. The maximum atomic E-state index is 13.2. The summed E-state index contributed by atoms with van der Waals surface area (Å²) >= 11 is 6.12. The van der Waals surface area contributed by atoms with Crippen LogP contribution in [0, 0.1) is 11.6 Å². The molecule has 1 unspecified atom stereocenters. The van der Waals surface area contributed by atoms with Gasteiger partial charge < -0.3 is 4.90 Å². The number of nitrogens with zero attached hydrogens (tertiary/aromatic N) is 1. The van der Waals surface area contributed by atoms with E-state index in [1.165, 1.54) is 6.07 Å². The third-order valence-electron chi connectivity index (χ3n) is 2.73. The standard InChI is InChI=1S/C13H12ClF2N/c1-8-5-12(17(2)13(14)6-8)9-3-4-10(15)11(16)7-9/h3-7,13H,1-2H3. The number of allylic oxidation sites excluding steroid dienone is 2. The van der Waals surface area contributed by atoms with E-state index in [1.807, 2.05) is 26.1 Å². The lowest BCUT2D eigenvalue weighted by Gasteiger charge is -2.29. The fraction of sp³-hybridized carbons (Fsp3) is 0.231. The Labute approximate surface area is 104 Å². The molecule has 4 heteroatoms. The van der Waals surface area contributed by atoms with E-state index in [4.69, 9.17) is 11.6 Å². The minimum absolute atomic E-state index is 0.275. The van der Waals surface area contributed by atoms with Crippen molar-refractivity contribution >= 4 is 17.3 Å². The van der Waals surface area contributed by atoms with E-state index in [0.717, 1.165) is 17.3 Å². The van der Waals surface area contributed by atoms with E-state index in [2.05, 4.69) is 0 Å². The van der Waals surface area contributed by atoms with Gasteiger partial charge in [0.15, 0.2) is 11.6 Å². The molecule has 1 aliphatic rings. The fourth-order valence-electron chi connectivity index (χ4n) is 1.77. The van der Waals surface area contributed by atoms with Gasteiger partial charge in [0, 0.05) is 18.3 Å². The maximum Gasteiger partial charge on any atom is 0.159 e. The molecule has 0 saturated carbocycles. The van der Waals surface area contributed by atoms with Crippen molar-refractivity contribution < 1.29 is 8.78 Å². The van der Waals surface area contributed by atoms with Crippen LogP contribution in [0.3, 0.4) is 0 Å². The van der Waals surface area contributed by atoms with Crippen LogP contribution in [0.2, 0.25) is 0 Å². The number of alkyl halides is 1. The molecule has 90 valence electrons. The molecule has 1 nitrogen and oxygen atoms in total. The van der Waals surface area contributed by atoms with Crippen molar-refractivity contribution in [3.63, 3.8) is 0 Å². The molecule has 1 aliphatic heterocycles. The van der Waals surface area contributed by atoms with Crippen molar-refractivity contribution in [3.8, 4) is 0 Å². The first-order chi connectivity index (χ1) is 7.99. The highest BCUT2D eigenvalue weighted by Gasteiger charge is 2.19. The summed E-state index contributed by atoms with van der Waals surface area (Å²) in [5.41, 5.74) is 2.12. The highest BCUT2D eigenvalue weighted by Crippen LogP contribution is 2.29. The van der Waals surface area contributed by atoms with Gasteiger partial charge in [-0.3, -0.25) is 0 Å². The molecule has 0 radical (unpaired) electrons. The Kier molecular flexibility index (Phi) is 3.20. The van der Waals surface area contributed by atoms with E-state index < -0.39 is 11.6 Å². The minimum Gasteiger partial charge on any atom is -0.355 e. The third kappa shape index (κ3) is 2.34. The average molecular weight is 256 g/mol. The topological polar surface area (TPSA) is 3.24 Å². The summed E-state index contributed by atoms with van der Waals surface area (Å²) in [6, 6.07) is 3.85. The summed E-state index contributed by atoms with van der Waals surface area (Å²) in [7, 11) is 1.81. The van der Waals surface area contributed by atoms with Crippen molar-refractivity contribution in [3.05, 3.63) is 53.1 Å². The molecule has 0 spiro atoms. The molecule has 1 heterocycles. The summed E-state index contributed by atoms with van der Waals surface area (Å²) in [4.78, 5) is 1.81. The fourth-order valence-corrected chi connectivity index (χ4v) is 2.07. The monoisotopic (exact) mass is 255 g/mol. The van der Waals surface area contributed by atoms with Crippen LogP contribution >= 0.6 is 11.6 Å². The molecular formula is C13H12ClF2N. The van der Waals surface area contributed by atoms with Crippen molar-refractivity contribution in [2.24, 2.45) is 0 Å². The van der Waals surface area contributed by atoms with E-state index in [9.17, 15) is 8.78 Å². The van der Waals surface area contributed by atoms with Gasteiger partial charge in [-0.25, -0.2) is 8.78 Å². The van der Waals surface area contributed by atoms with Gasteiger partial charge >= 0.3 is 0 Å². The van der Waals surface area contributed by atoms with E-state index in [-0.39, 0.29) is 5.50 Å². The van der Waals surface area contributed by atoms with E-state index in [0.29, 0.717) is 5.56 Å². The van der Waals surface area contributed by atoms with Crippen LogP contribution in [0.1, 0.15) is 12.5 Å². The summed E-state index contributed by atoms with van der Waals surface area (Å²) in [6.07, 6.45) is 3.79. The first kappa shape index (κ1) is 12.1. The molecular weight excluding hydrogens is 244 g/mol. The van der Waals surface area contributed by atoms with Gasteiger partial charge in [0.2, 0.25) is 0 Å². The Hall–Kier alpha value is -1.35. The lowest BCUT2D eigenvalue weighted by Crippen LogP contribution is -2.26. The van der Waals surface area contributed by atoms with Crippen LogP contribution in [0.5, 0.6) is 0 Å². The normalized spacial score (nSPS) is 20.1. The van der Waals surface area contributed by atoms with Crippen LogP contribution in [-0.2, 0) is 0 Å². The second-order valence-corrected chi connectivity index (χ2v) is 4.50. The van der Waals surface area contributed by atoms with Crippen LogP contribution < -0.4 is 0 Å². The van der Waals surface area contributed by atoms with Gasteiger partial charge in [-0.1, -0.05) is 11.6 Å². The summed E-state index contributed by atoms with van der Waals surface area (Å²) in [5.74, 6) is -1.70. The van der Waals surface area contributed by atoms with Crippen LogP contribution in [0.15, 0.2) is 35.9 Å². The second-order valence-electron chi connectivity index (χ2n) is 4.05. The molecule has 1 atom stereocenters. The van der Waals surface area contributed by atoms with Crippen molar-refractivity contribution in [1.29, 1.82) is 0 Å². The lowest BCUT2D eigenvalue weighted by molar-refractivity contribution is 0.485. The zero-order valence-corrected chi connectivity index (χ0v) is 10.3. The minimum atomic E-state index is -0.852. The Morgan fingerprint density at radius 3 is 2.59 bits per heavy atom. The number of hydrogen-bond acceptors (Lipinski definition) is 1. The molecule has 0 aromatic heterocycles. The zero-order valence-electron chi connectivity index (χ0n) is 9.55. The molecule has 1 aromatic carbocycles. The smallest absolute Gasteiger partial charge is 0.159 e. The molecule has 0 aliphatic carbocycles. The Bertz CT molecular complexity index is 508. The van der Waals surface area contributed by atoms with Crippen LogP contribution in [-0.4, -0.2) is 17.4 Å². The quantitative estimate of drug-likeness (QED) is 0.546. The average Bonchev–Trinajstić information content (AvgIpc) is 2.27. The Morgan fingerprint density at radius 2 is 1.94 bits per heavy atom. The summed E-state index contributed by atoms with van der Waals surface area (Å²) in [6.45, 7) is 1.92. The number of benzene rings is 1. The summed E-state index contributed by atoms with van der Waals surface area (Å²) in [5, 5.41) is 0. The molecule has 0 amide bonds. The van der Waals surface area contributed by atoms with E-state index in [1.54, 1.807) is 11.0 Å². The van der Waals surface area contributed by atoms with Gasteiger partial charge in [0.05, 0.1) is 0 Å². The number of hydrogen-bond donors (Lipinski definition) is 0. The van der Waals surface area contributed by atoms with Crippen molar-refractivity contribution in [1.82, 2.24) is 4.90 Å². The molecule has 0 fully saturated rings. The largest absolute Gasteiger partial charge is 0.355 e. The maximum absolute atomic E-state index is 13.2. The van der Waals surface area contributed by atoms with E-state index >= 15 is 0 Å². The highest BCUT2D eigenvalue weighted by atomic mass is 35.5. The molecule has 0 saturated heterocycles.